The highest BCUT2D eigenvalue weighted by atomic mass is 15.1. The summed E-state index contributed by atoms with van der Waals surface area (Å²) in [5.41, 5.74) is 16.7. The van der Waals surface area contributed by atoms with Crippen molar-refractivity contribution < 1.29 is 0 Å². The lowest BCUT2D eigenvalue weighted by Gasteiger charge is -2.28. The average Bonchev–Trinajstić information content (AvgIpc) is 3.03. The fourth-order valence-corrected chi connectivity index (χ4v) is 6.54. The van der Waals surface area contributed by atoms with Crippen molar-refractivity contribution in [2.45, 2.75) is 27.7 Å². The molecule has 0 aliphatic heterocycles. The SMILES string of the molecule is Cc1ccc(N(c2ccc(C)c(C)c2)c2ccc3cc4c(cc3c2)-c2cc3ccc(-c5ccccc5)cc3cc2-4)cc1C. The molecule has 0 unspecified atom stereocenters. The predicted molar refractivity (Wildman–Crippen MR) is 185 cm³/mol. The van der Waals surface area contributed by atoms with Gasteiger partial charge >= 0.3 is 0 Å². The van der Waals surface area contributed by atoms with Crippen molar-refractivity contribution in [1.29, 1.82) is 0 Å². The molecule has 0 N–H and O–H groups in total. The molecule has 1 aliphatic rings. The van der Waals surface area contributed by atoms with Crippen LogP contribution >= 0.6 is 0 Å². The topological polar surface area (TPSA) is 3.24 Å². The molecule has 7 aromatic carbocycles. The number of hydrogen-bond acceptors (Lipinski definition) is 1. The van der Waals surface area contributed by atoms with Crippen LogP contribution in [0, 0.1) is 27.7 Å². The zero-order valence-electron chi connectivity index (χ0n) is 25.1. The van der Waals surface area contributed by atoms with E-state index < -0.39 is 0 Å². The van der Waals surface area contributed by atoms with Gasteiger partial charge in [-0.1, -0.05) is 60.7 Å². The summed E-state index contributed by atoms with van der Waals surface area (Å²) in [5, 5.41) is 5.11. The van der Waals surface area contributed by atoms with Gasteiger partial charge in [-0.25, -0.2) is 0 Å². The molecule has 0 atom stereocenters. The van der Waals surface area contributed by atoms with E-state index in [1.807, 2.05) is 0 Å². The molecule has 8 rings (SSSR count). The number of aryl methyl sites for hydroxylation is 4. The van der Waals surface area contributed by atoms with Gasteiger partial charge in [0, 0.05) is 17.1 Å². The number of benzene rings is 7. The fourth-order valence-electron chi connectivity index (χ4n) is 6.54. The maximum atomic E-state index is 2.39. The zero-order chi connectivity index (χ0) is 29.2. The molecule has 0 radical (unpaired) electrons. The van der Waals surface area contributed by atoms with E-state index in [-0.39, 0.29) is 0 Å². The summed E-state index contributed by atoms with van der Waals surface area (Å²) in [7, 11) is 0. The maximum Gasteiger partial charge on any atom is 0.0468 e. The number of hydrogen-bond donors (Lipinski definition) is 0. The van der Waals surface area contributed by atoms with E-state index in [1.54, 1.807) is 0 Å². The van der Waals surface area contributed by atoms with E-state index in [2.05, 4.69) is 160 Å². The van der Waals surface area contributed by atoms with Gasteiger partial charge < -0.3 is 4.90 Å². The van der Waals surface area contributed by atoms with Gasteiger partial charge in [0.15, 0.2) is 0 Å². The van der Waals surface area contributed by atoms with Crippen molar-refractivity contribution in [2.75, 3.05) is 4.90 Å². The highest BCUT2D eigenvalue weighted by Crippen LogP contribution is 2.51. The first-order chi connectivity index (χ1) is 20.9. The predicted octanol–water partition coefficient (Wildman–Crippen LogP) is 12.0. The second-order valence-electron chi connectivity index (χ2n) is 12.1. The molecule has 0 heterocycles. The molecule has 0 saturated carbocycles. The quantitative estimate of drug-likeness (QED) is 0.210. The third-order valence-corrected chi connectivity index (χ3v) is 9.38. The van der Waals surface area contributed by atoms with Gasteiger partial charge in [-0.05, 0) is 172 Å². The molecule has 0 amide bonds. The Bertz CT molecular complexity index is 2170. The van der Waals surface area contributed by atoms with Crippen molar-refractivity contribution in [3.05, 3.63) is 150 Å². The van der Waals surface area contributed by atoms with Crippen molar-refractivity contribution >= 4 is 38.6 Å². The monoisotopic (exact) mass is 551 g/mol. The molecule has 0 saturated heterocycles. The Kier molecular flexibility index (Phi) is 5.77. The summed E-state index contributed by atoms with van der Waals surface area (Å²) in [6.45, 7) is 8.75. The smallest absolute Gasteiger partial charge is 0.0468 e. The van der Waals surface area contributed by atoms with Crippen molar-refractivity contribution in [1.82, 2.24) is 0 Å². The van der Waals surface area contributed by atoms with Gasteiger partial charge in [0.05, 0.1) is 0 Å². The zero-order valence-corrected chi connectivity index (χ0v) is 25.1. The molecule has 1 nitrogen and oxygen atoms in total. The van der Waals surface area contributed by atoms with E-state index in [0.29, 0.717) is 0 Å². The van der Waals surface area contributed by atoms with Crippen LogP contribution in [0.15, 0.2) is 127 Å². The van der Waals surface area contributed by atoms with E-state index in [1.165, 1.54) is 94.2 Å². The summed E-state index contributed by atoms with van der Waals surface area (Å²) in [6, 6.07) is 47.4. The Labute approximate surface area is 253 Å². The van der Waals surface area contributed by atoms with Crippen molar-refractivity contribution in [3.8, 4) is 33.4 Å². The molecule has 43 heavy (non-hydrogen) atoms. The van der Waals surface area contributed by atoms with Crippen LogP contribution in [0.4, 0.5) is 17.1 Å². The van der Waals surface area contributed by atoms with Crippen LogP contribution in [0.1, 0.15) is 22.3 Å². The highest BCUT2D eigenvalue weighted by Gasteiger charge is 2.24. The summed E-state index contributed by atoms with van der Waals surface area (Å²) >= 11 is 0. The number of rotatable bonds is 4. The minimum absolute atomic E-state index is 1.17. The second kappa shape index (κ2) is 9.71. The van der Waals surface area contributed by atoms with E-state index in [0.717, 1.165) is 0 Å². The Balaban J connectivity index is 1.22. The van der Waals surface area contributed by atoms with Crippen LogP contribution in [0.25, 0.3) is 54.9 Å². The molecule has 1 heteroatoms. The molecular formula is C42H33N. The van der Waals surface area contributed by atoms with Gasteiger partial charge in [-0.3, -0.25) is 0 Å². The largest absolute Gasteiger partial charge is 0.310 e. The summed E-state index contributed by atoms with van der Waals surface area (Å²) in [5.74, 6) is 0. The van der Waals surface area contributed by atoms with Gasteiger partial charge in [0.2, 0.25) is 0 Å². The van der Waals surface area contributed by atoms with Gasteiger partial charge in [0.1, 0.15) is 0 Å². The molecule has 1 aliphatic carbocycles. The Hall–Kier alpha value is -5.14. The summed E-state index contributed by atoms with van der Waals surface area (Å²) in [4.78, 5) is 2.39. The lowest BCUT2D eigenvalue weighted by atomic mass is 9.77. The molecule has 0 fully saturated rings. The third kappa shape index (κ3) is 4.23. The van der Waals surface area contributed by atoms with E-state index in [4.69, 9.17) is 0 Å². The molecule has 206 valence electrons. The number of anilines is 3. The Morgan fingerprint density at radius 2 is 0.791 bits per heavy atom. The summed E-state index contributed by atoms with van der Waals surface area (Å²) in [6.07, 6.45) is 0. The second-order valence-corrected chi connectivity index (χ2v) is 12.1. The van der Waals surface area contributed by atoms with Gasteiger partial charge in [-0.2, -0.15) is 0 Å². The standard InChI is InChI=1S/C42H33N/c1-26-10-15-36(18-28(26)3)43(37-16-11-27(2)29(4)19-37)38-17-14-33-23-40-41-24-34-20-31(30-8-6-5-7-9-30)12-13-32(34)22-39(41)42(40)25-35(33)21-38/h5-25H,1-4H3. The fraction of sp³-hybridized carbons (Fsp3) is 0.0952. The van der Waals surface area contributed by atoms with E-state index in [9.17, 15) is 0 Å². The van der Waals surface area contributed by atoms with Crippen LogP contribution in [-0.4, -0.2) is 0 Å². The van der Waals surface area contributed by atoms with Crippen LogP contribution < -0.4 is 4.90 Å². The minimum Gasteiger partial charge on any atom is -0.310 e. The average molecular weight is 552 g/mol. The van der Waals surface area contributed by atoms with Crippen LogP contribution in [0.2, 0.25) is 0 Å². The molecule has 0 spiro atoms. The first-order valence-corrected chi connectivity index (χ1v) is 15.1. The molecule has 0 bridgehead atoms. The number of fused-ring (bicyclic) bond motifs is 6. The Morgan fingerprint density at radius 3 is 1.35 bits per heavy atom. The highest BCUT2D eigenvalue weighted by molar-refractivity contribution is 6.12. The molecular weight excluding hydrogens is 518 g/mol. The first kappa shape index (κ1) is 25.6. The molecule has 7 aromatic rings. The van der Waals surface area contributed by atoms with E-state index >= 15 is 0 Å². The van der Waals surface area contributed by atoms with Crippen molar-refractivity contribution in [3.63, 3.8) is 0 Å². The third-order valence-electron chi connectivity index (χ3n) is 9.38. The number of nitrogens with zero attached hydrogens (tertiary/aromatic N) is 1. The normalized spacial score (nSPS) is 11.7. The Morgan fingerprint density at radius 1 is 0.326 bits per heavy atom. The van der Waals surface area contributed by atoms with Gasteiger partial charge in [0.25, 0.3) is 0 Å². The van der Waals surface area contributed by atoms with Crippen LogP contribution in [0.5, 0.6) is 0 Å². The van der Waals surface area contributed by atoms with Gasteiger partial charge in [-0.15, -0.1) is 0 Å². The first-order valence-electron chi connectivity index (χ1n) is 15.1. The van der Waals surface area contributed by atoms with Crippen LogP contribution in [0.3, 0.4) is 0 Å². The summed E-state index contributed by atoms with van der Waals surface area (Å²) < 4.78 is 0. The molecule has 0 aromatic heterocycles. The minimum atomic E-state index is 1.17. The maximum absolute atomic E-state index is 2.39. The van der Waals surface area contributed by atoms with Crippen molar-refractivity contribution in [2.24, 2.45) is 0 Å². The lowest BCUT2D eigenvalue weighted by Crippen LogP contribution is -2.11. The van der Waals surface area contributed by atoms with Crippen LogP contribution in [-0.2, 0) is 0 Å². The lowest BCUT2D eigenvalue weighted by molar-refractivity contribution is 1.23.